The Hall–Kier alpha value is -0.770. The van der Waals surface area contributed by atoms with Crippen LogP contribution >= 0.6 is 12.4 Å². The van der Waals surface area contributed by atoms with Gasteiger partial charge in [0.2, 0.25) is 0 Å². The molecule has 0 aromatic heterocycles. The summed E-state index contributed by atoms with van der Waals surface area (Å²) in [5.41, 5.74) is 1.25. The molecule has 0 radical (unpaired) electrons. The van der Waals surface area contributed by atoms with E-state index >= 15 is 0 Å². The van der Waals surface area contributed by atoms with Gasteiger partial charge in [-0.25, -0.2) is 0 Å². The van der Waals surface area contributed by atoms with Crippen LogP contribution in [0.5, 0.6) is 0 Å². The number of anilines is 1. The lowest BCUT2D eigenvalue weighted by molar-refractivity contribution is 0.0290. The summed E-state index contributed by atoms with van der Waals surface area (Å²) in [5.74, 6) is 1.78. The van der Waals surface area contributed by atoms with Gasteiger partial charge in [-0.1, -0.05) is 32.0 Å². The van der Waals surface area contributed by atoms with Gasteiger partial charge in [0.05, 0.1) is 11.6 Å². The molecule has 2 aliphatic heterocycles. The average molecular weight is 393 g/mol. The number of aliphatic hydroxyl groups is 1. The van der Waals surface area contributed by atoms with E-state index in [4.69, 9.17) is 0 Å². The molecule has 0 unspecified atom stereocenters. The number of nitrogens with zero attached hydrogens (tertiary/aromatic N) is 2. The molecule has 3 nitrogen and oxygen atoms in total. The summed E-state index contributed by atoms with van der Waals surface area (Å²) in [5, 5.41) is 10.9. The monoisotopic (exact) mass is 392 g/mol. The maximum Gasteiger partial charge on any atom is 0.0789 e. The van der Waals surface area contributed by atoms with Gasteiger partial charge in [0, 0.05) is 31.4 Å². The first-order valence-electron chi connectivity index (χ1n) is 10.8. The van der Waals surface area contributed by atoms with Gasteiger partial charge in [-0.05, 0) is 68.9 Å². The van der Waals surface area contributed by atoms with E-state index in [1.807, 2.05) is 0 Å². The van der Waals surface area contributed by atoms with Crippen molar-refractivity contribution in [3.05, 3.63) is 30.3 Å². The molecule has 0 bridgehead atoms. The molecule has 0 amide bonds. The Morgan fingerprint density at radius 3 is 2.15 bits per heavy atom. The maximum absolute atomic E-state index is 10.9. The second-order valence-electron chi connectivity index (χ2n) is 9.24. The molecular weight excluding hydrogens is 356 g/mol. The Kier molecular flexibility index (Phi) is 6.76. The van der Waals surface area contributed by atoms with Gasteiger partial charge in [0.25, 0.3) is 0 Å². The zero-order chi connectivity index (χ0) is 18.1. The lowest BCUT2D eigenvalue weighted by Crippen LogP contribution is -2.59. The Morgan fingerprint density at radius 2 is 1.56 bits per heavy atom. The van der Waals surface area contributed by atoms with Crippen LogP contribution in [0, 0.1) is 11.8 Å². The molecule has 1 aromatic carbocycles. The van der Waals surface area contributed by atoms with Crippen molar-refractivity contribution >= 4 is 18.1 Å². The van der Waals surface area contributed by atoms with E-state index in [1.54, 1.807) is 0 Å². The maximum atomic E-state index is 10.9. The van der Waals surface area contributed by atoms with E-state index in [1.165, 1.54) is 31.4 Å². The first kappa shape index (κ1) is 21.0. The number of para-hydroxylation sites is 1. The summed E-state index contributed by atoms with van der Waals surface area (Å²) in [4.78, 5) is 5.26. The van der Waals surface area contributed by atoms with E-state index in [0.29, 0.717) is 0 Å². The molecule has 1 atom stereocenters. The molecule has 1 N–H and O–H groups in total. The van der Waals surface area contributed by atoms with E-state index in [0.717, 1.165) is 56.8 Å². The predicted octanol–water partition coefficient (Wildman–Crippen LogP) is 4.73. The highest BCUT2D eigenvalue weighted by Crippen LogP contribution is 2.43. The number of likely N-dealkylation sites (tertiary alicyclic amines) is 1. The van der Waals surface area contributed by atoms with Crippen molar-refractivity contribution in [2.24, 2.45) is 11.8 Å². The summed E-state index contributed by atoms with van der Waals surface area (Å²) < 4.78 is 0. The van der Waals surface area contributed by atoms with Crippen LogP contribution in [0.4, 0.5) is 5.69 Å². The molecule has 4 rings (SSSR count). The summed E-state index contributed by atoms with van der Waals surface area (Å²) in [6.45, 7) is 8.06. The smallest absolute Gasteiger partial charge is 0.0789 e. The van der Waals surface area contributed by atoms with Crippen molar-refractivity contribution in [3.8, 4) is 0 Å². The Bertz CT molecular complexity index is 577. The fourth-order valence-electron chi connectivity index (χ4n) is 5.93. The normalized spacial score (nSPS) is 31.3. The molecule has 1 saturated carbocycles. The first-order chi connectivity index (χ1) is 12.6. The summed E-state index contributed by atoms with van der Waals surface area (Å²) in [7, 11) is 0. The third kappa shape index (κ3) is 4.02. The van der Waals surface area contributed by atoms with E-state index in [-0.39, 0.29) is 24.0 Å². The van der Waals surface area contributed by atoms with Crippen LogP contribution in [0.1, 0.15) is 58.8 Å². The number of piperidine rings is 1. The first-order valence-corrected chi connectivity index (χ1v) is 10.8. The van der Waals surface area contributed by atoms with E-state index in [9.17, 15) is 5.11 Å². The van der Waals surface area contributed by atoms with Gasteiger partial charge in [0.1, 0.15) is 0 Å². The molecular formula is C23H37ClN2O. The van der Waals surface area contributed by atoms with Crippen LogP contribution in [0.2, 0.25) is 0 Å². The average Bonchev–Trinajstić information content (AvgIpc) is 2.99. The van der Waals surface area contributed by atoms with Crippen LogP contribution in [0.15, 0.2) is 30.3 Å². The Morgan fingerprint density at radius 1 is 0.926 bits per heavy atom. The van der Waals surface area contributed by atoms with E-state index < -0.39 is 0 Å². The number of aliphatic hydroxyl groups excluding tert-OH is 1. The third-order valence-corrected chi connectivity index (χ3v) is 7.72. The fraction of sp³-hybridized carbons (Fsp3) is 0.739. The quantitative estimate of drug-likeness (QED) is 0.805. The van der Waals surface area contributed by atoms with Crippen molar-refractivity contribution < 1.29 is 5.11 Å². The molecule has 1 aromatic rings. The Labute approximate surface area is 171 Å². The van der Waals surface area contributed by atoms with Crippen LogP contribution in [-0.4, -0.2) is 47.3 Å². The standard InChI is InChI=1S/C23H36N2O.ClH/c1-18(2)19-8-10-20(11-9-19)24-16-13-23(14-17-24)22(26)12-15-25(23)21-6-4-3-5-7-21;/h3-7,18-20,22,26H,8-17H2,1-2H3;1H/t19-,20+,22-;/m0./s1. The lowest BCUT2D eigenvalue weighted by Gasteiger charge is -2.50. The van der Waals surface area contributed by atoms with Gasteiger partial charge in [-0.15, -0.1) is 12.4 Å². The van der Waals surface area contributed by atoms with Crippen LogP contribution in [0.25, 0.3) is 0 Å². The summed E-state index contributed by atoms with van der Waals surface area (Å²) in [6, 6.07) is 11.5. The van der Waals surface area contributed by atoms with Gasteiger partial charge >= 0.3 is 0 Å². The van der Waals surface area contributed by atoms with Gasteiger partial charge < -0.3 is 14.9 Å². The number of rotatable bonds is 3. The molecule has 27 heavy (non-hydrogen) atoms. The predicted molar refractivity (Wildman–Crippen MR) is 116 cm³/mol. The van der Waals surface area contributed by atoms with Crippen LogP contribution < -0.4 is 4.90 Å². The molecule has 1 spiro atoms. The minimum Gasteiger partial charge on any atom is -0.391 e. The molecule has 3 aliphatic rings. The third-order valence-electron chi connectivity index (χ3n) is 7.72. The Balaban J connectivity index is 0.00000210. The molecule has 1 aliphatic carbocycles. The summed E-state index contributed by atoms with van der Waals surface area (Å²) in [6.07, 6.45) is 8.50. The van der Waals surface area contributed by atoms with Crippen molar-refractivity contribution in [3.63, 3.8) is 0 Å². The highest BCUT2D eigenvalue weighted by Gasteiger charge is 2.50. The van der Waals surface area contributed by atoms with Gasteiger partial charge in [0.15, 0.2) is 0 Å². The number of benzene rings is 1. The largest absolute Gasteiger partial charge is 0.391 e. The number of hydrogen-bond acceptors (Lipinski definition) is 3. The number of halogens is 1. The second kappa shape index (κ2) is 8.71. The molecule has 4 heteroatoms. The topological polar surface area (TPSA) is 26.7 Å². The van der Waals surface area contributed by atoms with Gasteiger partial charge in [-0.3, -0.25) is 0 Å². The zero-order valence-corrected chi connectivity index (χ0v) is 17.8. The summed E-state index contributed by atoms with van der Waals surface area (Å²) >= 11 is 0. The van der Waals surface area contributed by atoms with Crippen LogP contribution in [0.3, 0.4) is 0 Å². The van der Waals surface area contributed by atoms with Crippen molar-refractivity contribution in [1.82, 2.24) is 4.90 Å². The minimum absolute atomic E-state index is 0. The molecule has 3 fully saturated rings. The van der Waals surface area contributed by atoms with Crippen molar-refractivity contribution in [1.29, 1.82) is 0 Å². The lowest BCUT2D eigenvalue weighted by atomic mass is 9.77. The van der Waals surface area contributed by atoms with Gasteiger partial charge in [-0.2, -0.15) is 0 Å². The minimum atomic E-state index is -0.179. The van der Waals surface area contributed by atoms with E-state index in [2.05, 4.69) is 54.0 Å². The molecule has 2 saturated heterocycles. The zero-order valence-electron chi connectivity index (χ0n) is 17.0. The molecule has 152 valence electrons. The second-order valence-corrected chi connectivity index (χ2v) is 9.24. The van der Waals surface area contributed by atoms with Crippen molar-refractivity contribution in [2.45, 2.75) is 76.5 Å². The number of hydrogen-bond donors (Lipinski definition) is 1. The SMILES string of the molecule is CC(C)[C@H]1CC[C@@H](N2CCC3(CC2)[C@@H](O)CCN3c2ccccc2)CC1.Cl. The molecule has 2 heterocycles. The fourth-order valence-corrected chi connectivity index (χ4v) is 5.93. The van der Waals surface area contributed by atoms with Crippen LogP contribution in [-0.2, 0) is 0 Å². The highest BCUT2D eigenvalue weighted by atomic mass is 35.5. The van der Waals surface area contributed by atoms with Crippen molar-refractivity contribution in [2.75, 3.05) is 24.5 Å². The highest BCUT2D eigenvalue weighted by molar-refractivity contribution is 5.85.